The Morgan fingerprint density at radius 1 is 0.422 bits per heavy atom. The molecule has 7 aromatic carbocycles. The van der Waals surface area contributed by atoms with Crippen molar-refractivity contribution in [3.8, 4) is 39.1 Å². The van der Waals surface area contributed by atoms with Crippen LogP contribution in [-0.4, -0.2) is 4.57 Å². The minimum absolute atomic E-state index is 1.08. The molecule has 0 N–H and O–H groups in total. The van der Waals surface area contributed by atoms with Gasteiger partial charge in [-0.2, -0.15) is 0 Å². The predicted molar refractivity (Wildman–Crippen MR) is 198 cm³/mol. The Hall–Kier alpha value is -4.96. The number of nitrogens with zero attached hydrogens (tertiary/aromatic N) is 1. The molecule has 0 saturated heterocycles. The summed E-state index contributed by atoms with van der Waals surface area (Å²) in [6.45, 7) is 0. The number of fused-ring (bicyclic) bond motifs is 6. The van der Waals surface area contributed by atoms with Crippen LogP contribution in [0.5, 0.6) is 0 Å². The summed E-state index contributed by atoms with van der Waals surface area (Å²) in [4.78, 5) is 0. The van der Waals surface area contributed by atoms with E-state index in [1.165, 1.54) is 75.4 Å². The summed E-state index contributed by atoms with van der Waals surface area (Å²) in [6, 6.07) is 57.3. The maximum atomic E-state index is 3.86. The molecular weight excluding hydrogens is 630 g/mol. The standard InChI is InChI=1S/C42H26BrNS/c43-32-23-30(22-31(24-32)34-16-9-17-37-36-15-5-7-19-41(36)45-42(34)37)29-20-21-40-38(26-29)35-14-4-6-18-39(35)44(40)33-13-8-12-28(25-33)27-10-2-1-3-11-27/h1-26H. The van der Waals surface area contributed by atoms with E-state index in [0.717, 1.165) is 10.2 Å². The number of hydrogen-bond donors (Lipinski definition) is 0. The molecule has 9 rings (SSSR count). The molecule has 212 valence electrons. The molecule has 3 heteroatoms. The molecule has 0 aliphatic rings. The van der Waals surface area contributed by atoms with E-state index in [-0.39, 0.29) is 0 Å². The molecule has 0 radical (unpaired) electrons. The van der Waals surface area contributed by atoms with E-state index in [2.05, 4.69) is 178 Å². The fourth-order valence-corrected chi connectivity index (χ4v) is 8.50. The van der Waals surface area contributed by atoms with Crippen molar-refractivity contribution < 1.29 is 0 Å². The number of para-hydroxylation sites is 1. The highest BCUT2D eigenvalue weighted by Crippen LogP contribution is 2.42. The Bertz CT molecular complexity index is 2560. The number of halogens is 1. The highest BCUT2D eigenvalue weighted by atomic mass is 79.9. The average molecular weight is 657 g/mol. The SMILES string of the molecule is Brc1cc(-c2ccc3c(c2)c2ccccc2n3-c2cccc(-c3ccccc3)c2)cc(-c2cccc3c2sc2ccccc23)c1. The molecule has 0 saturated carbocycles. The molecule has 2 heterocycles. The third-order valence-electron chi connectivity index (χ3n) is 8.83. The van der Waals surface area contributed by atoms with Crippen LogP contribution < -0.4 is 0 Å². The number of rotatable bonds is 4. The molecule has 0 amide bonds. The zero-order valence-electron chi connectivity index (χ0n) is 24.2. The van der Waals surface area contributed by atoms with Crippen molar-refractivity contribution in [3.05, 3.63) is 162 Å². The van der Waals surface area contributed by atoms with Crippen LogP contribution in [0.1, 0.15) is 0 Å². The van der Waals surface area contributed by atoms with E-state index in [9.17, 15) is 0 Å². The van der Waals surface area contributed by atoms with Crippen LogP contribution in [0, 0.1) is 0 Å². The molecule has 0 aliphatic heterocycles. The second-order valence-corrected chi connectivity index (χ2v) is 13.5. The summed E-state index contributed by atoms with van der Waals surface area (Å²) in [5, 5.41) is 5.15. The zero-order chi connectivity index (χ0) is 29.9. The molecule has 45 heavy (non-hydrogen) atoms. The topological polar surface area (TPSA) is 4.93 Å². The van der Waals surface area contributed by atoms with Crippen molar-refractivity contribution in [2.45, 2.75) is 0 Å². The number of hydrogen-bond acceptors (Lipinski definition) is 1. The fourth-order valence-electron chi connectivity index (χ4n) is 6.77. The summed E-state index contributed by atoms with van der Waals surface area (Å²) in [5.41, 5.74) is 10.9. The number of benzene rings is 7. The van der Waals surface area contributed by atoms with Gasteiger partial charge < -0.3 is 4.57 Å². The van der Waals surface area contributed by atoms with E-state index in [1.807, 2.05) is 11.3 Å². The predicted octanol–water partition coefficient (Wildman–Crippen LogP) is 12.9. The second-order valence-electron chi connectivity index (χ2n) is 11.5. The van der Waals surface area contributed by atoms with Crippen molar-refractivity contribution in [3.63, 3.8) is 0 Å². The summed E-state index contributed by atoms with van der Waals surface area (Å²) < 4.78 is 6.13. The molecule has 0 fully saturated rings. The molecule has 0 aliphatic carbocycles. The highest BCUT2D eigenvalue weighted by Gasteiger charge is 2.16. The van der Waals surface area contributed by atoms with Gasteiger partial charge in [0, 0.05) is 41.1 Å². The van der Waals surface area contributed by atoms with Gasteiger partial charge in [-0.05, 0) is 88.0 Å². The normalized spacial score (nSPS) is 11.7. The van der Waals surface area contributed by atoms with Crippen LogP contribution in [0.4, 0.5) is 0 Å². The van der Waals surface area contributed by atoms with Gasteiger partial charge in [0.25, 0.3) is 0 Å². The van der Waals surface area contributed by atoms with Crippen LogP contribution in [0.15, 0.2) is 162 Å². The summed E-state index contributed by atoms with van der Waals surface area (Å²) in [6.07, 6.45) is 0. The number of aromatic nitrogens is 1. The largest absolute Gasteiger partial charge is 0.309 e. The smallest absolute Gasteiger partial charge is 0.0541 e. The first-order valence-electron chi connectivity index (χ1n) is 15.1. The molecule has 0 atom stereocenters. The lowest BCUT2D eigenvalue weighted by atomic mass is 9.97. The first kappa shape index (κ1) is 26.4. The lowest BCUT2D eigenvalue weighted by molar-refractivity contribution is 1.18. The van der Waals surface area contributed by atoms with Gasteiger partial charge >= 0.3 is 0 Å². The quantitative estimate of drug-likeness (QED) is 0.178. The van der Waals surface area contributed by atoms with Gasteiger partial charge in [0.15, 0.2) is 0 Å². The third-order valence-corrected chi connectivity index (χ3v) is 10.5. The third kappa shape index (κ3) is 4.42. The highest BCUT2D eigenvalue weighted by molar-refractivity contribution is 9.10. The lowest BCUT2D eigenvalue weighted by Crippen LogP contribution is -1.94. The van der Waals surface area contributed by atoms with Crippen LogP contribution in [0.3, 0.4) is 0 Å². The van der Waals surface area contributed by atoms with Gasteiger partial charge in [-0.25, -0.2) is 0 Å². The Morgan fingerprint density at radius 2 is 1.11 bits per heavy atom. The maximum Gasteiger partial charge on any atom is 0.0541 e. The number of thiophene rings is 1. The van der Waals surface area contributed by atoms with Crippen LogP contribution in [0.25, 0.3) is 81.0 Å². The average Bonchev–Trinajstić information content (AvgIpc) is 3.64. The summed E-state index contributed by atoms with van der Waals surface area (Å²) in [5.74, 6) is 0. The minimum Gasteiger partial charge on any atom is -0.309 e. The van der Waals surface area contributed by atoms with Crippen molar-refractivity contribution in [2.24, 2.45) is 0 Å². The van der Waals surface area contributed by atoms with Crippen molar-refractivity contribution >= 4 is 69.2 Å². The van der Waals surface area contributed by atoms with Gasteiger partial charge in [0.1, 0.15) is 0 Å². The summed E-state index contributed by atoms with van der Waals surface area (Å²) in [7, 11) is 0. The molecule has 2 aromatic heterocycles. The molecule has 0 bridgehead atoms. The van der Waals surface area contributed by atoms with E-state index < -0.39 is 0 Å². The minimum atomic E-state index is 1.08. The molecule has 1 nitrogen and oxygen atoms in total. The van der Waals surface area contributed by atoms with Gasteiger partial charge in [0.05, 0.1) is 11.0 Å². The van der Waals surface area contributed by atoms with E-state index in [0.29, 0.717) is 0 Å². The van der Waals surface area contributed by atoms with E-state index >= 15 is 0 Å². The van der Waals surface area contributed by atoms with Crippen molar-refractivity contribution in [1.82, 2.24) is 4.57 Å². The summed E-state index contributed by atoms with van der Waals surface area (Å²) >= 11 is 5.73. The van der Waals surface area contributed by atoms with Gasteiger partial charge in [-0.1, -0.05) is 119 Å². The molecule has 0 unspecified atom stereocenters. The zero-order valence-corrected chi connectivity index (χ0v) is 26.6. The maximum absolute atomic E-state index is 3.86. The Labute approximate surface area is 273 Å². The van der Waals surface area contributed by atoms with Crippen LogP contribution >= 0.6 is 27.3 Å². The fraction of sp³-hybridized carbons (Fsp3) is 0. The Kier molecular flexibility index (Phi) is 6.22. The van der Waals surface area contributed by atoms with Crippen molar-refractivity contribution in [1.29, 1.82) is 0 Å². The second kappa shape index (κ2) is 10.6. The van der Waals surface area contributed by atoms with Gasteiger partial charge in [-0.3, -0.25) is 0 Å². The first-order valence-corrected chi connectivity index (χ1v) is 16.7. The van der Waals surface area contributed by atoms with Gasteiger partial charge in [0.2, 0.25) is 0 Å². The Balaban J connectivity index is 1.20. The van der Waals surface area contributed by atoms with E-state index in [1.54, 1.807) is 0 Å². The molecular formula is C42H26BrNS. The molecule has 0 spiro atoms. The van der Waals surface area contributed by atoms with Crippen molar-refractivity contribution in [2.75, 3.05) is 0 Å². The van der Waals surface area contributed by atoms with E-state index in [4.69, 9.17) is 0 Å². The monoisotopic (exact) mass is 655 g/mol. The van der Waals surface area contributed by atoms with Crippen LogP contribution in [0.2, 0.25) is 0 Å². The molecule has 9 aromatic rings. The Morgan fingerprint density at radius 3 is 2.02 bits per heavy atom. The van der Waals surface area contributed by atoms with Gasteiger partial charge in [-0.15, -0.1) is 11.3 Å². The lowest BCUT2D eigenvalue weighted by Gasteiger charge is -2.11. The first-order chi connectivity index (χ1) is 22.2. The van der Waals surface area contributed by atoms with Crippen LogP contribution in [-0.2, 0) is 0 Å².